The van der Waals surface area contributed by atoms with E-state index >= 15 is 0 Å². The molecule has 0 aliphatic carbocycles. The van der Waals surface area contributed by atoms with Crippen molar-refractivity contribution in [2.75, 3.05) is 13.3 Å². The van der Waals surface area contributed by atoms with Crippen molar-refractivity contribution >= 4 is 59.4 Å². The van der Waals surface area contributed by atoms with Gasteiger partial charge in [-0.25, -0.2) is 0 Å². The first-order chi connectivity index (χ1) is 4.18. The zero-order valence-corrected chi connectivity index (χ0v) is 6.01. The number of nitrogens with zero attached hydrogens (tertiary/aromatic N) is 3. The Morgan fingerprint density at radius 3 is 2.50 bits per heavy atom. The maximum absolute atomic E-state index is 10.5. The zero-order valence-electron chi connectivity index (χ0n) is 4.50. The molecule has 0 spiro atoms. The summed E-state index contributed by atoms with van der Waals surface area (Å²) in [6, 6.07) is 0. The van der Waals surface area contributed by atoms with E-state index in [0.29, 0.717) is 11.4 Å². The third-order valence-electron chi connectivity index (χ3n) is 0.835. The molecule has 0 atom stereocenters. The van der Waals surface area contributed by atoms with Crippen molar-refractivity contribution in [2.24, 2.45) is 0 Å². The van der Waals surface area contributed by atoms with E-state index in [1.54, 1.807) is 0 Å². The second-order valence-corrected chi connectivity index (χ2v) is 2.59. The molecule has 10 heavy (non-hydrogen) atoms. The summed E-state index contributed by atoms with van der Waals surface area (Å²) in [6.07, 6.45) is 1.24. The Labute approximate surface area is 91.1 Å². The molecule has 0 fully saturated rings. The first kappa shape index (κ1) is 10.8. The third-order valence-corrected chi connectivity index (χ3v) is 1.24. The molecule has 1 aliphatic heterocycles. The SMILES string of the molecule is [NaH].[O-][N+]1=CN(Cl)CN(Cl)C1. The number of rotatable bonds is 0. The van der Waals surface area contributed by atoms with Gasteiger partial charge in [-0.05, 0) is 11.8 Å². The zero-order chi connectivity index (χ0) is 6.85. The Balaban J connectivity index is 0.000000810. The standard InChI is InChI=1S/C3H5Cl2N3O.Na.H/c4-6-1-7(5)3-8(9)2-6;;/h2H,1,3H2;;. The van der Waals surface area contributed by atoms with Gasteiger partial charge in [0.15, 0.2) is 13.3 Å². The number of hydroxylamine groups is 1. The monoisotopic (exact) mass is 193 g/mol. The molecule has 0 unspecified atom stereocenters. The average Bonchev–Trinajstić information content (AvgIpc) is 1.59. The van der Waals surface area contributed by atoms with Crippen LogP contribution in [0.15, 0.2) is 0 Å². The molecular weight excluding hydrogens is 188 g/mol. The Morgan fingerprint density at radius 1 is 1.50 bits per heavy atom. The second-order valence-electron chi connectivity index (χ2n) is 1.68. The topological polar surface area (TPSA) is 32.6 Å². The van der Waals surface area contributed by atoms with Crippen molar-refractivity contribution in [1.29, 1.82) is 0 Å². The Morgan fingerprint density at radius 2 is 2.10 bits per heavy atom. The van der Waals surface area contributed by atoms with Crippen LogP contribution in [0.3, 0.4) is 0 Å². The Kier molecular flexibility index (Phi) is 5.02. The molecule has 0 amide bonds. The van der Waals surface area contributed by atoms with Crippen LogP contribution in [-0.2, 0) is 0 Å². The van der Waals surface area contributed by atoms with Crippen LogP contribution in [0.4, 0.5) is 0 Å². The van der Waals surface area contributed by atoms with Gasteiger partial charge in [0.1, 0.15) is 11.8 Å². The smallest absolute Gasteiger partial charge is 0.257 e. The number of hydrogen-bond acceptors (Lipinski definition) is 3. The van der Waals surface area contributed by atoms with Crippen molar-refractivity contribution in [3.05, 3.63) is 5.21 Å². The van der Waals surface area contributed by atoms with Crippen LogP contribution in [0.25, 0.3) is 0 Å². The van der Waals surface area contributed by atoms with Gasteiger partial charge in [0.2, 0.25) is 0 Å². The Bertz CT molecular complexity index is 144. The van der Waals surface area contributed by atoms with Crippen molar-refractivity contribution < 1.29 is 4.74 Å². The summed E-state index contributed by atoms with van der Waals surface area (Å²) in [5.74, 6) is 0. The number of hydrogen-bond donors (Lipinski definition) is 0. The average molecular weight is 194 g/mol. The van der Waals surface area contributed by atoms with Crippen molar-refractivity contribution in [2.45, 2.75) is 0 Å². The van der Waals surface area contributed by atoms with Crippen LogP contribution in [0, 0.1) is 5.21 Å². The van der Waals surface area contributed by atoms with Gasteiger partial charge in [0.05, 0.1) is 0 Å². The van der Waals surface area contributed by atoms with Crippen LogP contribution >= 0.6 is 23.6 Å². The summed E-state index contributed by atoms with van der Waals surface area (Å²) in [6.45, 7) is 0.520. The van der Waals surface area contributed by atoms with Crippen LogP contribution < -0.4 is 0 Å². The molecule has 0 aromatic rings. The minimum Gasteiger partial charge on any atom is -0.714 e. The molecule has 4 nitrogen and oxygen atoms in total. The van der Waals surface area contributed by atoms with Gasteiger partial charge in [-0.2, -0.15) is 4.42 Å². The molecule has 0 aromatic heterocycles. The summed E-state index contributed by atoms with van der Waals surface area (Å²) in [4.78, 5) is 0. The number of halogens is 2. The molecule has 0 bridgehead atoms. The molecule has 1 heterocycles. The summed E-state index contributed by atoms with van der Waals surface area (Å²) < 4.78 is 3.10. The summed E-state index contributed by atoms with van der Waals surface area (Å²) in [5, 5.41) is 10.5. The van der Waals surface area contributed by atoms with E-state index in [4.69, 9.17) is 23.6 Å². The van der Waals surface area contributed by atoms with E-state index < -0.39 is 0 Å². The van der Waals surface area contributed by atoms with E-state index in [0.717, 1.165) is 0 Å². The molecule has 0 saturated heterocycles. The van der Waals surface area contributed by atoms with Gasteiger partial charge in [-0.3, -0.25) is 4.74 Å². The molecule has 1 rings (SSSR count). The van der Waals surface area contributed by atoms with Crippen LogP contribution in [0.1, 0.15) is 0 Å². The maximum atomic E-state index is 10.5. The maximum Gasteiger partial charge on any atom is 0.257 e. The fraction of sp³-hybridized carbons (Fsp3) is 0.667. The molecule has 0 aromatic carbocycles. The van der Waals surface area contributed by atoms with Crippen LogP contribution in [-0.4, -0.2) is 62.8 Å². The fourth-order valence-electron chi connectivity index (χ4n) is 0.555. The van der Waals surface area contributed by atoms with Gasteiger partial charge in [-0.1, -0.05) is 0 Å². The molecular formula is C3H6Cl2N3NaO. The van der Waals surface area contributed by atoms with E-state index in [2.05, 4.69) is 0 Å². The van der Waals surface area contributed by atoms with Gasteiger partial charge in [0.25, 0.3) is 6.34 Å². The van der Waals surface area contributed by atoms with Crippen molar-refractivity contribution in [1.82, 2.24) is 8.84 Å². The van der Waals surface area contributed by atoms with Crippen LogP contribution in [0.2, 0.25) is 0 Å². The molecule has 54 valence electrons. The fourth-order valence-corrected chi connectivity index (χ4v) is 1.06. The van der Waals surface area contributed by atoms with Gasteiger partial charge in [0, 0.05) is 0 Å². The molecule has 0 saturated carbocycles. The van der Waals surface area contributed by atoms with E-state index in [1.807, 2.05) is 0 Å². The van der Waals surface area contributed by atoms with Gasteiger partial charge in [-0.15, -0.1) is 4.42 Å². The first-order valence-electron chi connectivity index (χ1n) is 2.30. The summed E-state index contributed by atoms with van der Waals surface area (Å²) in [7, 11) is 0. The molecule has 0 radical (unpaired) electrons. The summed E-state index contributed by atoms with van der Waals surface area (Å²) in [5.41, 5.74) is 0. The van der Waals surface area contributed by atoms with Gasteiger partial charge >= 0.3 is 29.6 Å². The largest absolute Gasteiger partial charge is 0.714 e. The first-order valence-corrected chi connectivity index (χ1v) is 2.98. The van der Waals surface area contributed by atoms with Crippen molar-refractivity contribution in [3.8, 4) is 0 Å². The van der Waals surface area contributed by atoms with Crippen molar-refractivity contribution in [3.63, 3.8) is 0 Å². The second kappa shape index (κ2) is 4.64. The van der Waals surface area contributed by atoms with E-state index in [-0.39, 0.29) is 36.2 Å². The Hall–Kier alpha value is 0.810. The molecule has 0 N–H and O–H groups in total. The molecule has 1 aliphatic rings. The van der Waals surface area contributed by atoms with E-state index in [1.165, 1.54) is 15.2 Å². The summed E-state index contributed by atoms with van der Waals surface area (Å²) >= 11 is 10.9. The predicted molar refractivity (Wildman–Crippen MR) is 42.0 cm³/mol. The van der Waals surface area contributed by atoms with Crippen LogP contribution in [0.5, 0.6) is 0 Å². The van der Waals surface area contributed by atoms with Gasteiger partial charge < -0.3 is 5.21 Å². The molecule has 7 heteroatoms. The predicted octanol–water partition coefficient (Wildman–Crippen LogP) is -0.283. The van der Waals surface area contributed by atoms with E-state index in [9.17, 15) is 5.21 Å². The third kappa shape index (κ3) is 3.27. The normalized spacial score (nSPS) is 19.8. The quantitative estimate of drug-likeness (QED) is 0.230. The minimum atomic E-state index is 0. The minimum absolute atomic E-state index is 0.